The van der Waals surface area contributed by atoms with E-state index in [1.807, 2.05) is 54.6 Å². The number of benzene rings is 2. The molecule has 0 spiro atoms. The van der Waals surface area contributed by atoms with Crippen LogP contribution >= 0.6 is 0 Å². The van der Waals surface area contributed by atoms with Crippen LogP contribution in [0.5, 0.6) is 0 Å². The first kappa shape index (κ1) is 14.1. The third-order valence-corrected chi connectivity index (χ3v) is 2.87. The van der Waals surface area contributed by atoms with Gasteiger partial charge in [0, 0.05) is 18.8 Å². The summed E-state index contributed by atoms with van der Waals surface area (Å²) in [7, 11) is 0. The van der Waals surface area contributed by atoms with Gasteiger partial charge in [-0.2, -0.15) is 0 Å². The van der Waals surface area contributed by atoms with E-state index in [2.05, 4.69) is 10.6 Å². The van der Waals surface area contributed by atoms with Gasteiger partial charge in [-0.1, -0.05) is 42.5 Å². The van der Waals surface area contributed by atoms with Crippen LogP contribution in [0.1, 0.15) is 6.42 Å². The highest BCUT2D eigenvalue weighted by atomic mass is 16.3. The Labute approximate surface area is 118 Å². The first-order valence-corrected chi connectivity index (χ1v) is 6.61. The smallest absolute Gasteiger partial charge is 0.319 e. The molecule has 20 heavy (non-hydrogen) atoms. The summed E-state index contributed by atoms with van der Waals surface area (Å²) in [5.74, 6) is 0. The molecular weight excluding hydrogens is 252 g/mol. The number of carbonyl (C=O) groups excluding carboxylic acids is 1. The molecule has 2 aromatic rings. The molecule has 4 heteroatoms. The quantitative estimate of drug-likeness (QED) is 0.732. The minimum atomic E-state index is -0.258. The van der Waals surface area contributed by atoms with Crippen LogP contribution in [0.3, 0.4) is 0 Å². The number of amides is 2. The van der Waals surface area contributed by atoms with Crippen molar-refractivity contribution < 1.29 is 9.90 Å². The van der Waals surface area contributed by atoms with Crippen molar-refractivity contribution in [1.82, 2.24) is 5.32 Å². The van der Waals surface area contributed by atoms with Gasteiger partial charge in [0.1, 0.15) is 0 Å². The van der Waals surface area contributed by atoms with Gasteiger partial charge >= 0.3 is 6.03 Å². The van der Waals surface area contributed by atoms with Gasteiger partial charge < -0.3 is 15.7 Å². The van der Waals surface area contributed by atoms with Crippen molar-refractivity contribution in [2.45, 2.75) is 6.42 Å². The summed E-state index contributed by atoms with van der Waals surface area (Å²) in [4.78, 5) is 11.5. The zero-order chi connectivity index (χ0) is 14.2. The molecule has 4 nitrogen and oxygen atoms in total. The zero-order valence-electron chi connectivity index (χ0n) is 11.2. The first-order chi connectivity index (χ1) is 9.79. The van der Waals surface area contributed by atoms with Gasteiger partial charge in [-0.3, -0.25) is 0 Å². The average molecular weight is 270 g/mol. The van der Waals surface area contributed by atoms with E-state index in [4.69, 9.17) is 5.11 Å². The molecule has 0 saturated heterocycles. The van der Waals surface area contributed by atoms with Crippen LogP contribution in [0.4, 0.5) is 10.5 Å². The summed E-state index contributed by atoms with van der Waals surface area (Å²) >= 11 is 0. The van der Waals surface area contributed by atoms with Crippen molar-refractivity contribution in [3.8, 4) is 11.1 Å². The molecule has 2 amide bonds. The standard InChI is InChI=1S/C16H18N2O2/c19-12-4-11-17-16(20)18-15-9-7-14(8-10-15)13-5-2-1-3-6-13/h1-3,5-10,19H,4,11-12H2,(H2,17,18,20). The Morgan fingerprint density at radius 3 is 2.25 bits per heavy atom. The average Bonchev–Trinajstić information content (AvgIpc) is 2.49. The summed E-state index contributed by atoms with van der Waals surface area (Å²) in [5.41, 5.74) is 2.99. The monoisotopic (exact) mass is 270 g/mol. The maximum Gasteiger partial charge on any atom is 0.319 e. The van der Waals surface area contributed by atoms with Gasteiger partial charge in [0.05, 0.1) is 0 Å². The fraction of sp³-hybridized carbons (Fsp3) is 0.188. The van der Waals surface area contributed by atoms with Crippen molar-refractivity contribution in [2.24, 2.45) is 0 Å². The fourth-order valence-electron chi connectivity index (χ4n) is 1.83. The summed E-state index contributed by atoms with van der Waals surface area (Å²) in [5, 5.41) is 14.1. The molecule has 0 heterocycles. The Kier molecular flexibility index (Phi) is 5.15. The highest BCUT2D eigenvalue weighted by molar-refractivity contribution is 5.89. The highest BCUT2D eigenvalue weighted by Gasteiger charge is 2.01. The minimum Gasteiger partial charge on any atom is -0.396 e. The lowest BCUT2D eigenvalue weighted by Crippen LogP contribution is -2.29. The Morgan fingerprint density at radius 2 is 1.60 bits per heavy atom. The van der Waals surface area contributed by atoms with Gasteiger partial charge in [-0.15, -0.1) is 0 Å². The molecule has 3 N–H and O–H groups in total. The lowest BCUT2D eigenvalue weighted by molar-refractivity contribution is 0.249. The molecule has 0 aliphatic carbocycles. The predicted molar refractivity (Wildman–Crippen MR) is 80.6 cm³/mol. The molecule has 104 valence electrons. The van der Waals surface area contributed by atoms with Gasteiger partial charge in [0.25, 0.3) is 0 Å². The Hall–Kier alpha value is -2.33. The maximum absolute atomic E-state index is 11.5. The molecule has 0 aliphatic rings. The second-order valence-electron chi connectivity index (χ2n) is 4.40. The van der Waals surface area contributed by atoms with E-state index < -0.39 is 0 Å². The maximum atomic E-state index is 11.5. The number of aliphatic hydroxyl groups excluding tert-OH is 1. The van der Waals surface area contributed by atoms with Gasteiger partial charge in [0.2, 0.25) is 0 Å². The predicted octanol–water partition coefficient (Wildman–Crippen LogP) is 2.86. The number of nitrogens with one attached hydrogen (secondary N) is 2. The second kappa shape index (κ2) is 7.31. The number of carbonyl (C=O) groups is 1. The number of anilines is 1. The van der Waals surface area contributed by atoms with E-state index in [0.717, 1.165) is 16.8 Å². The number of rotatable bonds is 5. The topological polar surface area (TPSA) is 61.4 Å². The van der Waals surface area contributed by atoms with Crippen LogP contribution in [0.2, 0.25) is 0 Å². The first-order valence-electron chi connectivity index (χ1n) is 6.61. The molecule has 0 unspecified atom stereocenters. The third kappa shape index (κ3) is 4.10. The molecule has 0 aliphatic heterocycles. The highest BCUT2D eigenvalue weighted by Crippen LogP contribution is 2.20. The number of hydrogen-bond acceptors (Lipinski definition) is 2. The Morgan fingerprint density at radius 1 is 0.950 bits per heavy atom. The Balaban J connectivity index is 1.93. The summed E-state index contributed by atoms with van der Waals surface area (Å²) < 4.78 is 0. The Bertz CT molecular complexity index is 538. The number of urea groups is 1. The van der Waals surface area contributed by atoms with Crippen LogP contribution in [-0.2, 0) is 0 Å². The van der Waals surface area contributed by atoms with Crippen LogP contribution in [0, 0.1) is 0 Å². The van der Waals surface area contributed by atoms with Crippen molar-refractivity contribution in [3.05, 3.63) is 54.6 Å². The summed E-state index contributed by atoms with van der Waals surface area (Å²) in [6.45, 7) is 0.538. The van der Waals surface area contributed by atoms with Crippen molar-refractivity contribution in [2.75, 3.05) is 18.5 Å². The lowest BCUT2D eigenvalue weighted by atomic mass is 10.1. The molecule has 0 saturated carbocycles. The molecular formula is C16H18N2O2. The van der Waals surface area contributed by atoms with Crippen molar-refractivity contribution >= 4 is 11.7 Å². The van der Waals surface area contributed by atoms with E-state index in [1.54, 1.807) is 0 Å². The summed E-state index contributed by atoms with van der Waals surface area (Å²) in [6, 6.07) is 17.5. The van der Waals surface area contributed by atoms with E-state index in [1.165, 1.54) is 0 Å². The largest absolute Gasteiger partial charge is 0.396 e. The van der Waals surface area contributed by atoms with E-state index in [0.29, 0.717) is 13.0 Å². The van der Waals surface area contributed by atoms with Crippen LogP contribution < -0.4 is 10.6 Å². The molecule has 0 atom stereocenters. The molecule has 0 radical (unpaired) electrons. The molecule has 0 aromatic heterocycles. The SMILES string of the molecule is O=C(NCCCO)Nc1ccc(-c2ccccc2)cc1. The molecule has 2 aromatic carbocycles. The lowest BCUT2D eigenvalue weighted by Gasteiger charge is -2.08. The number of aliphatic hydroxyl groups is 1. The van der Waals surface area contributed by atoms with Crippen LogP contribution in [-0.4, -0.2) is 24.3 Å². The van der Waals surface area contributed by atoms with E-state index in [9.17, 15) is 4.79 Å². The number of hydrogen-bond donors (Lipinski definition) is 3. The van der Waals surface area contributed by atoms with Gasteiger partial charge in [-0.25, -0.2) is 4.79 Å². The van der Waals surface area contributed by atoms with Gasteiger partial charge in [0.15, 0.2) is 0 Å². The van der Waals surface area contributed by atoms with Gasteiger partial charge in [-0.05, 0) is 29.7 Å². The fourth-order valence-corrected chi connectivity index (χ4v) is 1.83. The van der Waals surface area contributed by atoms with Crippen LogP contribution in [0.15, 0.2) is 54.6 Å². The normalized spacial score (nSPS) is 10.1. The minimum absolute atomic E-state index is 0.0754. The summed E-state index contributed by atoms with van der Waals surface area (Å²) in [6.07, 6.45) is 0.556. The molecule has 2 rings (SSSR count). The molecule has 0 fully saturated rings. The van der Waals surface area contributed by atoms with Crippen LogP contribution in [0.25, 0.3) is 11.1 Å². The van der Waals surface area contributed by atoms with E-state index >= 15 is 0 Å². The third-order valence-electron chi connectivity index (χ3n) is 2.87. The van der Waals surface area contributed by atoms with Crippen molar-refractivity contribution in [1.29, 1.82) is 0 Å². The zero-order valence-corrected chi connectivity index (χ0v) is 11.2. The van der Waals surface area contributed by atoms with E-state index in [-0.39, 0.29) is 12.6 Å². The van der Waals surface area contributed by atoms with Crippen molar-refractivity contribution in [3.63, 3.8) is 0 Å². The second-order valence-corrected chi connectivity index (χ2v) is 4.40. The molecule has 0 bridgehead atoms.